The summed E-state index contributed by atoms with van der Waals surface area (Å²) in [5, 5.41) is 2.90. The van der Waals surface area contributed by atoms with Gasteiger partial charge in [0.05, 0.1) is 0 Å². The summed E-state index contributed by atoms with van der Waals surface area (Å²) in [6, 6.07) is 9.55. The minimum atomic E-state index is -0.502. The van der Waals surface area contributed by atoms with Gasteiger partial charge in [-0.3, -0.25) is 4.79 Å². The van der Waals surface area contributed by atoms with Crippen molar-refractivity contribution in [1.29, 1.82) is 0 Å². The zero-order chi connectivity index (χ0) is 12.5. The fraction of sp³-hybridized carbons (Fsp3) is 0.500. The molecule has 0 heterocycles. The van der Waals surface area contributed by atoms with E-state index in [1.807, 2.05) is 30.3 Å². The second-order valence-electron chi connectivity index (χ2n) is 4.02. The van der Waals surface area contributed by atoms with Crippen LogP contribution in [0.5, 0.6) is 0 Å². The lowest BCUT2D eigenvalue weighted by Gasteiger charge is -2.15. The molecule has 1 amide bonds. The zero-order valence-corrected chi connectivity index (χ0v) is 10.6. The summed E-state index contributed by atoms with van der Waals surface area (Å²) >= 11 is 0. The number of hydrogen-bond donors (Lipinski definition) is 1. The number of methoxy groups -OCH3 is 1. The minimum absolute atomic E-state index is 0.0604. The third-order valence-corrected chi connectivity index (χ3v) is 2.66. The molecule has 0 aromatic heterocycles. The van der Waals surface area contributed by atoms with Gasteiger partial charge in [-0.2, -0.15) is 0 Å². The molecule has 3 nitrogen and oxygen atoms in total. The van der Waals surface area contributed by atoms with Gasteiger partial charge in [-0.15, -0.1) is 0 Å². The van der Waals surface area contributed by atoms with Gasteiger partial charge in [0.25, 0.3) is 5.91 Å². The molecule has 0 unspecified atom stereocenters. The molecular formula is C14H21NO2. The second kappa shape index (κ2) is 7.85. The average molecular weight is 235 g/mol. The maximum absolute atomic E-state index is 11.9. The molecule has 94 valence electrons. The molecule has 0 saturated carbocycles. The Morgan fingerprint density at radius 1 is 1.29 bits per heavy atom. The quantitative estimate of drug-likeness (QED) is 0.738. The first-order valence-corrected chi connectivity index (χ1v) is 6.15. The number of nitrogens with one attached hydrogen (secondary N) is 1. The van der Waals surface area contributed by atoms with Crippen molar-refractivity contribution in [3.05, 3.63) is 35.9 Å². The van der Waals surface area contributed by atoms with E-state index < -0.39 is 6.10 Å². The molecule has 0 radical (unpaired) electrons. The topological polar surface area (TPSA) is 38.3 Å². The van der Waals surface area contributed by atoms with Crippen molar-refractivity contribution in [2.24, 2.45) is 0 Å². The summed E-state index contributed by atoms with van der Waals surface area (Å²) in [5.74, 6) is -0.0604. The Bertz CT molecular complexity index is 324. The van der Waals surface area contributed by atoms with Crippen LogP contribution in [0, 0.1) is 0 Å². The maximum atomic E-state index is 11.9. The molecule has 0 bridgehead atoms. The minimum Gasteiger partial charge on any atom is -0.367 e. The lowest BCUT2D eigenvalue weighted by atomic mass is 10.1. The highest BCUT2D eigenvalue weighted by molar-refractivity contribution is 5.82. The van der Waals surface area contributed by atoms with Crippen LogP contribution in [0.1, 0.15) is 37.9 Å². The van der Waals surface area contributed by atoms with Crippen molar-refractivity contribution in [3.8, 4) is 0 Å². The predicted molar refractivity (Wildman–Crippen MR) is 68.7 cm³/mol. The largest absolute Gasteiger partial charge is 0.367 e. The third kappa shape index (κ3) is 4.57. The molecule has 1 aromatic rings. The Morgan fingerprint density at radius 3 is 2.59 bits per heavy atom. The van der Waals surface area contributed by atoms with Gasteiger partial charge in [-0.1, -0.05) is 50.1 Å². The van der Waals surface area contributed by atoms with Crippen LogP contribution >= 0.6 is 0 Å². The van der Waals surface area contributed by atoms with Crippen molar-refractivity contribution in [1.82, 2.24) is 5.32 Å². The zero-order valence-electron chi connectivity index (χ0n) is 10.6. The Labute approximate surface area is 103 Å². The highest BCUT2D eigenvalue weighted by Gasteiger charge is 2.18. The van der Waals surface area contributed by atoms with Crippen LogP contribution in [0.3, 0.4) is 0 Å². The summed E-state index contributed by atoms with van der Waals surface area (Å²) in [5.41, 5.74) is 0.892. The molecule has 0 saturated heterocycles. The number of unbranched alkanes of at least 4 members (excludes halogenated alkanes) is 2. The van der Waals surface area contributed by atoms with Gasteiger partial charge in [-0.05, 0) is 12.0 Å². The van der Waals surface area contributed by atoms with Crippen molar-refractivity contribution >= 4 is 5.91 Å². The molecule has 1 N–H and O–H groups in total. The maximum Gasteiger partial charge on any atom is 0.253 e. The third-order valence-electron chi connectivity index (χ3n) is 2.66. The summed E-state index contributed by atoms with van der Waals surface area (Å²) in [6.07, 6.45) is 2.82. The number of rotatable bonds is 7. The smallest absolute Gasteiger partial charge is 0.253 e. The molecule has 0 spiro atoms. The molecule has 1 atom stereocenters. The molecule has 1 rings (SSSR count). The van der Waals surface area contributed by atoms with Crippen molar-refractivity contribution < 1.29 is 9.53 Å². The van der Waals surface area contributed by atoms with E-state index in [1.54, 1.807) is 7.11 Å². The molecule has 1 aromatic carbocycles. The van der Waals surface area contributed by atoms with Gasteiger partial charge >= 0.3 is 0 Å². The summed E-state index contributed by atoms with van der Waals surface area (Å²) in [6.45, 7) is 2.86. The fourth-order valence-electron chi connectivity index (χ4n) is 1.70. The van der Waals surface area contributed by atoms with Gasteiger partial charge in [-0.25, -0.2) is 0 Å². The number of hydrogen-bond acceptors (Lipinski definition) is 2. The van der Waals surface area contributed by atoms with E-state index in [4.69, 9.17) is 4.74 Å². The first-order chi connectivity index (χ1) is 8.29. The Balaban J connectivity index is 2.48. The van der Waals surface area contributed by atoms with Crippen LogP contribution in [0.2, 0.25) is 0 Å². The molecule has 0 aliphatic heterocycles. The Hall–Kier alpha value is -1.35. The van der Waals surface area contributed by atoms with Crippen LogP contribution in [0.4, 0.5) is 0 Å². The summed E-state index contributed by atoms with van der Waals surface area (Å²) in [4.78, 5) is 11.9. The van der Waals surface area contributed by atoms with E-state index in [-0.39, 0.29) is 5.91 Å². The normalized spacial score (nSPS) is 12.1. The molecule has 0 fully saturated rings. The highest BCUT2D eigenvalue weighted by Crippen LogP contribution is 2.15. The van der Waals surface area contributed by atoms with Crippen LogP contribution in [-0.4, -0.2) is 19.6 Å². The Kier molecular flexibility index (Phi) is 6.33. The standard InChI is InChI=1S/C14H21NO2/c1-3-4-8-11-15-14(16)13(17-2)12-9-6-5-7-10-12/h5-7,9-10,13H,3-4,8,11H2,1-2H3,(H,15,16)/t13-/m1/s1. The van der Waals surface area contributed by atoms with Crippen LogP contribution < -0.4 is 5.32 Å². The number of carbonyl (C=O) groups excluding carboxylic acids is 1. The van der Waals surface area contributed by atoms with E-state index in [2.05, 4.69) is 12.2 Å². The van der Waals surface area contributed by atoms with Crippen LogP contribution in [-0.2, 0) is 9.53 Å². The van der Waals surface area contributed by atoms with Gasteiger partial charge in [0, 0.05) is 13.7 Å². The van der Waals surface area contributed by atoms with Crippen molar-refractivity contribution in [2.45, 2.75) is 32.3 Å². The average Bonchev–Trinajstić information content (AvgIpc) is 2.37. The SMILES string of the molecule is CCCCCNC(=O)[C@H](OC)c1ccccc1. The molecule has 17 heavy (non-hydrogen) atoms. The van der Waals surface area contributed by atoms with Crippen molar-refractivity contribution in [3.63, 3.8) is 0 Å². The molecule has 0 aliphatic rings. The number of carbonyl (C=O) groups is 1. The van der Waals surface area contributed by atoms with Gasteiger partial charge < -0.3 is 10.1 Å². The van der Waals surface area contributed by atoms with E-state index >= 15 is 0 Å². The second-order valence-corrected chi connectivity index (χ2v) is 4.02. The fourth-order valence-corrected chi connectivity index (χ4v) is 1.70. The lowest BCUT2D eigenvalue weighted by Crippen LogP contribution is -2.31. The van der Waals surface area contributed by atoms with Gasteiger partial charge in [0.1, 0.15) is 0 Å². The summed E-state index contributed by atoms with van der Waals surface area (Å²) in [7, 11) is 1.56. The van der Waals surface area contributed by atoms with Gasteiger partial charge in [0.2, 0.25) is 0 Å². The van der Waals surface area contributed by atoms with E-state index in [0.29, 0.717) is 0 Å². The highest BCUT2D eigenvalue weighted by atomic mass is 16.5. The number of ether oxygens (including phenoxy) is 1. The number of amides is 1. The van der Waals surface area contributed by atoms with E-state index in [1.165, 1.54) is 0 Å². The van der Waals surface area contributed by atoms with E-state index in [0.717, 1.165) is 31.4 Å². The molecular weight excluding hydrogens is 214 g/mol. The van der Waals surface area contributed by atoms with Crippen LogP contribution in [0.25, 0.3) is 0 Å². The van der Waals surface area contributed by atoms with Crippen LogP contribution in [0.15, 0.2) is 30.3 Å². The van der Waals surface area contributed by atoms with Crippen molar-refractivity contribution in [2.75, 3.05) is 13.7 Å². The summed E-state index contributed by atoms with van der Waals surface area (Å²) < 4.78 is 5.24. The first-order valence-electron chi connectivity index (χ1n) is 6.15. The first kappa shape index (κ1) is 13.7. The monoisotopic (exact) mass is 235 g/mol. The van der Waals surface area contributed by atoms with E-state index in [9.17, 15) is 4.79 Å². The molecule has 3 heteroatoms. The predicted octanol–water partition coefficient (Wildman–Crippen LogP) is 2.68. The van der Waals surface area contributed by atoms with Gasteiger partial charge in [0.15, 0.2) is 6.10 Å². The molecule has 0 aliphatic carbocycles. The lowest BCUT2D eigenvalue weighted by molar-refractivity contribution is -0.131. The number of benzene rings is 1. The Morgan fingerprint density at radius 2 is 2.00 bits per heavy atom.